The Bertz CT molecular complexity index is 1170. The molecule has 0 saturated heterocycles. The Morgan fingerprint density at radius 1 is 0.818 bits per heavy atom. The van der Waals surface area contributed by atoms with E-state index in [4.69, 9.17) is 4.74 Å². The number of nitrogens with zero attached hydrogens (tertiary/aromatic N) is 2. The zero-order chi connectivity index (χ0) is 23.4. The monoisotopic (exact) mass is 440 g/mol. The fourth-order valence-electron chi connectivity index (χ4n) is 4.04. The first kappa shape index (κ1) is 22.3. The minimum absolute atomic E-state index is 0.0924. The van der Waals surface area contributed by atoms with Gasteiger partial charge in [-0.05, 0) is 44.0 Å². The molecule has 0 aromatic heterocycles. The standard InChI is InChI=1S/C28H28N2O3/c1-4-29(19-21-13-7-5-8-14-21)26-25(22-15-9-6-10-16-22)27(31)30(28(26)32)23-17-11-12-18-24(23)33-20(2)3/h5-18,20H,4,19H2,1-3H3. The summed E-state index contributed by atoms with van der Waals surface area (Å²) < 4.78 is 5.93. The number of hydrogen-bond acceptors (Lipinski definition) is 4. The fraction of sp³-hybridized carbons (Fsp3) is 0.214. The molecule has 0 N–H and O–H groups in total. The summed E-state index contributed by atoms with van der Waals surface area (Å²) in [6.07, 6.45) is -0.0924. The van der Waals surface area contributed by atoms with Gasteiger partial charge in [0.2, 0.25) is 0 Å². The zero-order valence-electron chi connectivity index (χ0n) is 19.2. The molecule has 0 unspecified atom stereocenters. The lowest BCUT2D eigenvalue weighted by atomic mass is 10.0. The molecular formula is C28H28N2O3. The van der Waals surface area contributed by atoms with Gasteiger partial charge >= 0.3 is 0 Å². The zero-order valence-corrected chi connectivity index (χ0v) is 19.2. The van der Waals surface area contributed by atoms with E-state index < -0.39 is 0 Å². The van der Waals surface area contributed by atoms with Crippen LogP contribution in [0.5, 0.6) is 5.75 Å². The number of anilines is 1. The average Bonchev–Trinajstić information content (AvgIpc) is 3.08. The van der Waals surface area contributed by atoms with Crippen molar-refractivity contribution < 1.29 is 14.3 Å². The van der Waals surface area contributed by atoms with E-state index in [-0.39, 0.29) is 17.9 Å². The van der Waals surface area contributed by atoms with Crippen molar-refractivity contribution in [3.8, 4) is 5.75 Å². The topological polar surface area (TPSA) is 49.9 Å². The third-order valence-corrected chi connectivity index (χ3v) is 5.50. The van der Waals surface area contributed by atoms with Crippen LogP contribution < -0.4 is 9.64 Å². The summed E-state index contributed by atoms with van der Waals surface area (Å²) in [4.78, 5) is 30.9. The van der Waals surface area contributed by atoms with Gasteiger partial charge in [-0.15, -0.1) is 0 Å². The third-order valence-electron chi connectivity index (χ3n) is 5.50. The molecule has 0 bridgehead atoms. The molecule has 0 spiro atoms. The number of ether oxygens (including phenoxy) is 1. The van der Waals surface area contributed by atoms with Gasteiger partial charge in [-0.25, -0.2) is 4.90 Å². The van der Waals surface area contributed by atoms with Crippen molar-refractivity contribution in [1.29, 1.82) is 0 Å². The number of benzene rings is 3. The van der Waals surface area contributed by atoms with Crippen molar-refractivity contribution in [3.05, 3.63) is 102 Å². The quantitative estimate of drug-likeness (QED) is 0.447. The first-order chi connectivity index (χ1) is 16.0. The molecular weight excluding hydrogens is 412 g/mol. The number of rotatable bonds is 8. The van der Waals surface area contributed by atoms with Crippen molar-refractivity contribution in [3.63, 3.8) is 0 Å². The predicted molar refractivity (Wildman–Crippen MR) is 131 cm³/mol. The number of carbonyl (C=O) groups is 2. The Labute approximate surface area is 194 Å². The van der Waals surface area contributed by atoms with Crippen molar-refractivity contribution in [2.75, 3.05) is 11.4 Å². The molecule has 168 valence electrons. The van der Waals surface area contributed by atoms with Gasteiger partial charge in [0.05, 0.1) is 17.4 Å². The summed E-state index contributed by atoms with van der Waals surface area (Å²) in [6.45, 7) is 6.94. The summed E-state index contributed by atoms with van der Waals surface area (Å²) in [6, 6.07) is 26.6. The van der Waals surface area contributed by atoms with Crippen LogP contribution in [0.25, 0.3) is 5.57 Å². The highest BCUT2D eigenvalue weighted by Gasteiger charge is 2.43. The molecule has 4 rings (SSSR count). The van der Waals surface area contributed by atoms with Gasteiger partial charge in [0.25, 0.3) is 11.8 Å². The number of carbonyl (C=O) groups excluding carboxylic acids is 2. The summed E-state index contributed by atoms with van der Waals surface area (Å²) in [7, 11) is 0. The highest BCUT2D eigenvalue weighted by molar-refractivity contribution is 6.45. The maximum atomic E-state index is 13.9. The Morgan fingerprint density at radius 3 is 2.06 bits per heavy atom. The van der Waals surface area contributed by atoms with E-state index in [0.29, 0.717) is 35.8 Å². The molecule has 5 heteroatoms. The highest BCUT2D eigenvalue weighted by atomic mass is 16.5. The lowest BCUT2D eigenvalue weighted by molar-refractivity contribution is -0.120. The molecule has 0 radical (unpaired) electrons. The Kier molecular flexibility index (Phi) is 6.59. The van der Waals surface area contributed by atoms with Gasteiger partial charge in [-0.3, -0.25) is 9.59 Å². The van der Waals surface area contributed by atoms with E-state index in [2.05, 4.69) is 0 Å². The van der Waals surface area contributed by atoms with Crippen LogP contribution in [0.1, 0.15) is 31.9 Å². The molecule has 2 amide bonds. The van der Waals surface area contributed by atoms with Gasteiger partial charge in [0.15, 0.2) is 0 Å². The smallest absolute Gasteiger partial charge is 0.282 e. The molecule has 0 fully saturated rings. The molecule has 0 atom stereocenters. The van der Waals surface area contributed by atoms with Crippen LogP contribution >= 0.6 is 0 Å². The van der Waals surface area contributed by atoms with E-state index in [1.165, 1.54) is 4.90 Å². The number of para-hydroxylation sites is 2. The fourth-order valence-corrected chi connectivity index (χ4v) is 4.04. The largest absolute Gasteiger partial charge is 0.489 e. The Hall–Kier alpha value is -3.86. The second-order valence-electron chi connectivity index (χ2n) is 8.17. The minimum Gasteiger partial charge on any atom is -0.489 e. The molecule has 0 aliphatic carbocycles. The molecule has 1 aliphatic rings. The Balaban J connectivity index is 1.82. The molecule has 1 aliphatic heterocycles. The van der Waals surface area contributed by atoms with E-state index in [9.17, 15) is 9.59 Å². The van der Waals surface area contributed by atoms with Gasteiger partial charge in [-0.2, -0.15) is 0 Å². The van der Waals surface area contributed by atoms with Gasteiger partial charge in [0, 0.05) is 13.1 Å². The lowest BCUT2D eigenvalue weighted by Gasteiger charge is -2.25. The average molecular weight is 441 g/mol. The number of hydrogen-bond donors (Lipinski definition) is 0. The van der Waals surface area contributed by atoms with E-state index in [0.717, 1.165) is 11.1 Å². The summed E-state index contributed by atoms with van der Waals surface area (Å²) in [5.74, 6) is -0.169. The molecule has 3 aromatic carbocycles. The van der Waals surface area contributed by atoms with Gasteiger partial charge < -0.3 is 9.64 Å². The predicted octanol–water partition coefficient (Wildman–Crippen LogP) is 5.28. The second kappa shape index (κ2) is 9.74. The van der Waals surface area contributed by atoms with Crippen molar-refractivity contribution in [2.24, 2.45) is 0 Å². The Morgan fingerprint density at radius 2 is 1.42 bits per heavy atom. The van der Waals surface area contributed by atoms with Gasteiger partial charge in [-0.1, -0.05) is 72.8 Å². The van der Waals surface area contributed by atoms with Crippen molar-refractivity contribution >= 4 is 23.1 Å². The van der Waals surface area contributed by atoms with Crippen LogP contribution in [-0.2, 0) is 16.1 Å². The van der Waals surface area contributed by atoms with Crippen molar-refractivity contribution in [1.82, 2.24) is 4.90 Å². The van der Waals surface area contributed by atoms with E-state index in [1.54, 1.807) is 12.1 Å². The highest BCUT2D eigenvalue weighted by Crippen LogP contribution is 2.39. The molecule has 0 saturated carbocycles. The maximum Gasteiger partial charge on any atom is 0.282 e. The van der Waals surface area contributed by atoms with Crippen LogP contribution in [0.3, 0.4) is 0 Å². The summed E-state index contributed by atoms with van der Waals surface area (Å²) >= 11 is 0. The van der Waals surface area contributed by atoms with Crippen LogP contribution in [0.4, 0.5) is 5.69 Å². The van der Waals surface area contributed by atoms with Crippen LogP contribution in [0, 0.1) is 0 Å². The second-order valence-corrected chi connectivity index (χ2v) is 8.17. The van der Waals surface area contributed by atoms with Gasteiger partial charge in [0.1, 0.15) is 11.4 Å². The minimum atomic E-state index is -0.340. The molecule has 5 nitrogen and oxygen atoms in total. The number of likely N-dealkylation sites (N-methyl/N-ethyl adjacent to an activating group) is 1. The van der Waals surface area contributed by atoms with E-state index >= 15 is 0 Å². The lowest BCUT2D eigenvalue weighted by Crippen LogP contribution is -2.35. The SMILES string of the molecule is CCN(Cc1ccccc1)C1=C(c2ccccc2)C(=O)N(c2ccccc2OC(C)C)C1=O. The third kappa shape index (κ3) is 4.53. The van der Waals surface area contributed by atoms with Crippen LogP contribution in [-0.4, -0.2) is 29.4 Å². The van der Waals surface area contributed by atoms with Crippen LogP contribution in [0.2, 0.25) is 0 Å². The summed E-state index contributed by atoms with van der Waals surface area (Å²) in [5.41, 5.74) is 3.08. The molecule has 33 heavy (non-hydrogen) atoms. The van der Waals surface area contributed by atoms with Crippen LogP contribution in [0.15, 0.2) is 90.6 Å². The van der Waals surface area contributed by atoms with Crippen molar-refractivity contribution in [2.45, 2.75) is 33.4 Å². The number of amides is 2. The maximum absolute atomic E-state index is 13.9. The first-order valence-corrected chi connectivity index (χ1v) is 11.2. The molecule has 3 aromatic rings. The van der Waals surface area contributed by atoms with E-state index in [1.807, 2.05) is 98.5 Å². The number of imide groups is 1. The summed E-state index contributed by atoms with van der Waals surface area (Å²) in [5, 5.41) is 0. The first-order valence-electron chi connectivity index (χ1n) is 11.2. The molecule has 1 heterocycles. The normalized spacial score (nSPS) is 13.8.